The zero-order valence-corrected chi connectivity index (χ0v) is 7.96. The normalized spacial score (nSPS) is 9.80. The van der Waals surface area contributed by atoms with Gasteiger partial charge in [0.15, 0.2) is 6.29 Å². The van der Waals surface area contributed by atoms with Crippen molar-refractivity contribution in [3.8, 4) is 0 Å². The second-order valence-electron chi connectivity index (χ2n) is 1.91. The average Bonchev–Trinajstić information content (AvgIpc) is 2.30. The van der Waals surface area contributed by atoms with Crippen LogP contribution in [-0.2, 0) is 6.42 Å². The highest BCUT2D eigenvalue weighted by molar-refractivity contribution is 9.11. The lowest BCUT2D eigenvalue weighted by molar-refractivity contribution is 0.112. The molecule has 0 aromatic carbocycles. The molecule has 0 saturated heterocycles. The van der Waals surface area contributed by atoms with Crippen LogP contribution < -0.4 is 0 Å². The molecule has 0 aliphatic rings. The van der Waals surface area contributed by atoms with Gasteiger partial charge in [-0.05, 0) is 34.0 Å². The third kappa shape index (κ3) is 1.47. The summed E-state index contributed by atoms with van der Waals surface area (Å²) in [6, 6.07) is 1.99. The second kappa shape index (κ2) is 3.30. The molecule has 0 saturated carbocycles. The maximum Gasteiger partial charge on any atom is 0.160 e. The summed E-state index contributed by atoms with van der Waals surface area (Å²) in [5.41, 5.74) is 1.13. The first kappa shape index (κ1) is 7.95. The molecule has 0 bridgehead atoms. The number of carbonyl (C=O) groups is 1. The number of rotatable bonds is 2. The Labute approximate surface area is 72.2 Å². The Hall–Kier alpha value is -0.150. The summed E-state index contributed by atoms with van der Waals surface area (Å²) in [7, 11) is 0. The van der Waals surface area contributed by atoms with E-state index in [0.29, 0.717) is 0 Å². The van der Waals surface area contributed by atoms with Crippen LogP contribution in [0, 0.1) is 0 Å². The predicted molar refractivity (Wildman–Crippen MR) is 46.8 cm³/mol. The minimum atomic E-state index is 0.842. The van der Waals surface area contributed by atoms with E-state index in [2.05, 4.69) is 15.9 Å². The fourth-order valence-electron chi connectivity index (χ4n) is 0.784. The fourth-order valence-corrected chi connectivity index (χ4v) is 2.38. The molecule has 0 amide bonds. The van der Waals surface area contributed by atoms with Gasteiger partial charge in [-0.25, -0.2) is 0 Å². The highest BCUT2D eigenvalue weighted by Crippen LogP contribution is 2.25. The molecular weight excluding hydrogens is 212 g/mol. The van der Waals surface area contributed by atoms with Crippen LogP contribution >= 0.6 is 27.3 Å². The van der Waals surface area contributed by atoms with E-state index in [4.69, 9.17) is 0 Å². The van der Waals surface area contributed by atoms with Crippen molar-refractivity contribution in [1.29, 1.82) is 0 Å². The van der Waals surface area contributed by atoms with Crippen molar-refractivity contribution in [3.05, 3.63) is 20.3 Å². The maximum atomic E-state index is 10.4. The predicted octanol–water partition coefficient (Wildman–Crippen LogP) is 2.89. The Morgan fingerprint density at radius 2 is 2.50 bits per heavy atom. The lowest BCUT2D eigenvalue weighted by Crippen LogP contribution is -1.80. The first-order valence-corrected chi connectivity index (χ1v) is 4.62. The molecule has 0 N–H and O–H groups in total. The number of aryl methyl sites for hydroxylation is 1. The average molecular weight is 219 g/mol. The monoisotopic (exact) mass is 218 g/mol. The van der Waals surface area contributed by atoms with Crippen molar-refractivity contribution in [1.82, 2.24) is 0 Å². The number of carbonyl (C=O) groups excluding carboxylic acids is 1. The van der Waals surface area contributed by atoms with Crippen molar-refractivity contribution >= 4 is 33.6 Å². The molecule has 1 aromatic rings. The van der Waals surface area contributed by atoms with Gasteiger partial charge in [-0.2, -0.15) is 0 Å². The van der Waals surface area contributed by atoms with Crippen LogP contribution in [0.5, 0.6) is 0 Å². The fraction of sp³-hybridized carbons (Fsp3) is 0.286. The molecule has 54 valence electrons. The Morgan fingerprint density at radius 1 is 1.80 bits per heavy atom. The van der Waals surface area contributed by atoms with Crippen LogP contribution in [0.25, 0.3) is 0 Å². The summed E-state index contributed by atoms with van der Waals surface area (Å²) in [5, 5.41) is 0. The Balaban J connectivity index is 3.08. The molecule has 0 atom stereocenters. The third-order valence-corrected chi connectivity index (χ3v) is 2.91. The molecule has 1 aromatic heterocycles. The molecule has 0 aliphatic heterocycles. The third-order valence-electron chi connectivity index (χ3n) is 1.30. The van der Waals surface area contributed by atoms with E-state index in [1.54, 1.807) is 0 Å². The van der Waals surface area contributed by atoms with E-state index in [-0.39, 0.29) is 0 Å². The second-order valence-corrected chi connectivity index (χ2v) is 4.37. The highest BCUT2D eigenvalue weighted by atomic mass is 79.9. The van der Waals surface area contributed by atoms with Crippen molar-refractivity contribution in [3.63, 3.8) is 0 Å². The van der Waals surface area contributed by atoms with E-state index >= 15 is 0 Å². The number of thiophene rings is 1. The molecule has 1 rings (SSSR count). The molecule has 1 heterocycles. The van der Waals surface area contributed by atoms with E-state index in [1.807, 2.05) is 13.0 Å². The molecule has 0 unspecified atom stereocenters. The molecule has 1 nitrogen and oxygen atoms in total. The van der Waals surface area contributed by atoms with E-state index < -0.39 is 0 Å². The first-order valence-electron chi connectivity index (χ1n) is 3.01. The van der Waals surface area contributed by atoms with Crippen LogP contribution in [0.2, 0.25) is 0 Å². The summed E-state index contributed by atoms with van der Waals surface area (Å²) >= 11 is 4.81. The van der Waals surface area contributed by atoms with Crippen LogP contribution in [0.1, 0.15) is 22.2 Å². The minimum Gasteiger partial charge on any atom is -0.297 e. The zero-order chi connectivity index (χ0) is 7.56. The lowest BCUT2D eigenvalue weighted by Gasteiger charge is -1.86. The van der Waals surface area contributed by atoms with Gasteiger partial charge in [0.25, 0.3) is 0 Å². The molecule has 0 fully saturated rings. The van der Waals surface area contributed by atoms with Crippen molar-refractivity contribution in [2.24, 2.45) is 0 Å². The molecule has 3 heteroatoms. The number of hydrogen-bond acceptors (Lipinski definition) is 2. The van der Waals surface area contributed by atoms with Crippen molar-refractivity contribution < 1.29 is 4.79 Å². The maximum absolute atomic E-state index is 10.4. The largest absolute Gasteiger partial charge is 0.297 e. The van der Waals surface area contributed by atoms with Gasteiger partial charge in [-0.3, -0.25) is 4.79 Å². The van der Waals surface area contributed by atoms with Crippen LogP contribution in [0.4, 0.5) is 0 Å². The zero-order valence-electron chi connectivity index (χ0n) is 5.56. The first-order chi connectivity index (χ1) is 4.77. The summed E-state index contributed by atoms with van der Waals surface area (Å²) in [5.74, 6) is 0. The highest BCUT2D eigenvalue weighted by Gasteiger charge is 2.03. The SMILES string of the molecule is CCc1cc(Br)sc1C=O. The summed E-state index contributed by atoms with van der Waals surface area (Å²) in [4.78, 5) is 11.2. The van der Waals surface area contributed by atoms with Crippen LogP contribution in [0.3, 0.4) is 0 Å². The minimum absolute atomic E-state index is 0.842. The quantitative estimate of drug-likeness (QED) is 0.699. The standard InChI is InChI=1S/C7H7BrOS/c1-2-5-3-7(8)10-6(5)4-9/h3-4H,2H2,1H3. The smallest absolute Gasteiger partial charge is 0.160 e. The molecule has 0 aliphatic carbocycles. The van der Waals surface area contributed by atoms with Crippen molar-refractivity contribution in [2.45, 2.75) is 13.3 Å². The topological polar surface area (TPSA) is 17.1 Å². The van der Waals surface area contributed by atoms with Crippen LogP contribution in [-0.4, -0.2) is 6.29 Å². The molecule has 0 radical (unpaired) electrons. The van der Waals surface area contributed by atoms with Gasteiger partial charge in [0.1, 0.15) is 0 Å². The Kier molecular flexibility index (Phi) is 2.63. The van der Waals surface area contributed by atoms with E-state index in [1.165, 1.54) is 11.3 Å². The van der Waals surface area contributed by atoms with E-state index in [0.717, 1.165) is 26.9 Å². The number of halogens is 1. The Morgan fingerprint density at radius 3 is 2.90 bits per heavy atom. The number of hydrogen-bond donors (Lipinski definition) is 0. The number of aldehydes is 1. The van der Waals surface area contributed by atoms with Gasteiger partial charge in [0, 0.05) is 0 Å². The molecule has 10 heavy (non-hydrogen) atoms. The summed E-state index contributed by atoms with van der Waals surface area (Å²) in [6.45, 7) is 2.04. The summed E-state index contributed by atoms with van der Waals surface area (Å²) < 4.78 is 1.03. The summed E-state index contributed by atoms with van der Waals surface area (Å²) in [6.07, 6.45) is 1.84. The van der Waals surface area contributed by atoms with Gasteiger partial charge >= 0.3 is 0 Å². The van der Waals surface area contributed by atoms with Gasteiger partial charge in [0.2, 0.25) is 0 Å². The lowest BCUT2D eigenvalue weighted by atomic mass is 10.2. The molecular formula is C7H7BrOS. The Bertz CT molecular complexity index is 242. The van der Waals surface area contributed by atoms with Crippen molar-refractivity contribution in [2.75, 3.05) is 0 Å². The van der Waals surface area contributed by atoms with Crippen LogP contribution in [0.15, 0.2) is 9.85 Å². The van der Waals surface area contributed by atoms with Gasteiger partial charge in [0.05, 0.1) is 8.66 Å². The van der Waals surface area contributed by atoms with Gasteiger partial charge in [-0.15, -0.1) is 11.3 Å². The van der Waals surface area contributed by atoms with Gasteiger partial charge < -0.3 is 0 Å². The van der Waals surface area contributed by atoms with Gasteiger partial charge in [-0.1, -0.05) is 6.92 Å². The van der Waals surface area contributed by atoms with E-state index in [9.17, 15) is 4.79 Å². The molecule has 0 spiro atoms.